The van der Waals surface area contributed by atoms with Crippen LogP contribution in [0.1, 0.15) is 37.8 Å². The molecule has 3 N–H and O–H groups in total. The summed E-state index contributed by atoms with van der Waals surface area (Å²) >= 11 is 0. The molecule has 0 spiro atoms. The van der Waals surface area contributed by atoms with Gasteiger partial charge in [0.05, 0.1) is 0 Å². The van der Waals surface area contributed by atoms with Gasteiger partial charge in [-0.1, -0.05) is 54.1 Å². The maximum Gasteiger partial charge on any atom is 0.387 e. The normalized spacial score (nSPS) is 14.1. The van der Waals surface area contributed by atoms with Gasteiger partial charge in [0.15, 0.2) is 0 Å². The average molecular weight is 440 g/mol. The molecule has 9 heteroatoms. The Morgan fingerprint density at radius 1 is 1.10 bits per heavy atom. The summed E-state index contributed by atoms with van der Waals surface area (Å²) in [6, 6.07) is 15.2. The van der Waals surface area contributed by atoms with Crippen molar-refractivity contribution < 1.29 is 32.1 Å². The fourth-order valence-corrected chi connectivity index (χ4v) is 5.41. The van der Waals surface area contributed by atoms with Gasteiger partial charge in [0.2, 0.25) is 0 Å². The second-order valence-corrected chi connectivity index (χ2v) is 10.7. The minimum atomic E-state index is -5.43. The Labute approximate surface area is 171 Å². The van der Waals surface area contributed by atoms with Crippen molar-refractivity contribution in [3.05, 3.63) is 71.3 Å². The number of ether oxygens (including phenoxy) is 1. The molecule has 0 bridgehead atoms. The van der Waals surface area contributed by atoms with Gasteiger partial charge < -0.3 is 14.5 Å². The third-order valence-corrected chi connectivity index (χ3v) is 7.94. The van der Waals surface area contributed by atoms with Crippen molar-refractivity contribution in [2.75, 3.05) is 0 Å². The summed E-state index contributed by atoms with van der Waals surface area (Å²) in [5.41, 5.74) is 2.51. The number of hydrogen-bond donors (Lipinski definition) is 3. The molecule has 7 nitrogen and oxygen atoms in total. The van der Waals surface area contributed by atoms with Gasteiger partial charge in [-0.3, -0.25) is 9.12 Å². The molecule has 1 unspecified atom stereocenters. The van der Waals surface area contributed by atoms with Crippen LogP contribution in [0.5, 0.6) is 5.75 Å². The van der Waals surface area contributed by atoms with Crippen molar-refractivity contribution in [2.45, 2.75) is 37.8 Å². The molecule has 0 fully saturated rings. The highest BCUT2D eigenvalue weighted by Gasteiger charge is 2.60. The van der Waals surface area contributed by atoms with E-state index in [0.717, 1.165) is 11.1 Å². The molecule has 0 heterocycles. The first-order chi connectivity index (χ1) is 13.4. The number of allylic oxidation sites excluding steroid dienone is 1. The maximum absolute atomic E-state index is 12.2. The third kappa shape index (κ3) is 6.01. The number of aryl methyl sites for hydroxylation is 1. The van der Waals surface area contributed by atoms with E-state index in [2.05, 4.69) is 0 Å². The van der Waals surface area contributed by atoms with Gasteiger partial charge in [0.25, 0.3) is 0 Å². The minimum absolute atomic E-state index is 0.0688. The Bertz CT molecular complexity index is 1010. The summed E-state index contributed by atoms with van der Waals surface area (Å²) in [6.45, 7) is 3.74. The lowest BCUT2D eigenvalue weighted by molar-refractivity contribution is 0.163. The maximum atomic E-state index is 12.2. The van der Waals surface area contributed by atoms with Gasteiger partial charge in [0, 0.05) is 6.42 Å². The molecule has 0 aliphatic heterocycles. The zero-order valence-corrected chi connectivity index (χ0v) is 17.9. The highest BCUT2D eigenvalue weighted by Crippen LogP contribution is 2.56. The molecule has 1 atom stereocenters. The molecule has 0 aliphatic carbocycles. The highest BCUT2D eigenvalue weighted by atomic mass is 32.2. The van der Waals surface area contributed by atoms with Crippen molar-refractivity contribution in [1.29, 1.82) is 0 Å². The molecule has 2 aromatic carbocycles. The predicted octanol–water partition coefficient (Wildman–Crippen LogP) is 4.23. The van der Waals surface area contributed by atoms with Crippen LogP contribution < -0.4 is 4.74 Å². The summed E-state index contributed by atoms with van der Waals surface area (Å²) in [5, 5.41) is 0. The van der Waals surface area contributed by atoms with E-state index in [1.807, 2.05) is 32.0 Å². The highest BCUT2D eigenvalue weighted by molar-refractivity contribution is 7.94. The smallest absolute Gasteiger partial charge is 0.387 e. The van der Waals surface area contributed by atoms with Crippen molar-refractivity contribution in [2.24, 2.45) is 0 Å². The molecule has 0 aliphatic rings. The van der Waals surface area contributed by atoms with E-state index in [1.165, 1.54) is 12.1 Å². The fraction of sp³-hybridized carbons (Fsp3) is 0.300. The fourth-order valence-electron chi connectivity index (χ4n) is 2.93. The van der Waals surface area contributed by atoms with Crippen LogP contribution in [0, 0.1) is 0 Å². The zero-order chi connectivity index (χ0) is 21.7. The SMILES string of the molecule is CC(C)=Cc1cccc(OC(CCCc2ccccc2)(P(=O)(O)O)S(=O)(=O)O)c1. The second kappa shape index (κ2) is 9.24. The molecule has 29 heavy (non-hydrogen) atoms. The Hall–Kier alpha value is -1.96. The van der Waals surface area contributed by atoms with Crippen molar-refractivity contribution in [1.82, 2.24) is 0 Å². The summed E-state index contributed by atoms with van der Waals surface area (Å²) in [5.74, 6) is -0.0688. The Morgan fingerprint density at radius 2 is 1.76 bits per heavy atom. The first kappa shape index (κ1) is 23.3. The van der Waals surface area contributed by atoms with Crippen LogP contribution in [-0.4, -0.2) is 27.4 Å². The van der Waals surface area contributed by atoms with E-state index in [0.29, 0.717) is 12.0 Å². The number of benzene rings is 2. The summed E-state index contributed by atoms with van der Waals surface area (Å²) < 4.78 is 48.6. The van der Waals surface area contributed by atoms with Crippen molar-refractivity contribution in [3.63, 3.8) is 0 Å². The lowest BCUT2D eigenvalue weighted by Gasteiger charge is -2.31. The largest absolute Gasteiger partial charge is 0.458 e. The van der Waals surface area contributed by atoms with Crippen LogP contribution in [0.3, 0.4) is 0 Å². The molecule has 0 radical (unpaired) electrons. The summed E-state index contributed by atoms with van der Waals surface area (Å²) in [4.78, 5) is 19.7. The van der Waals surface area contributed by atoms with Gasteiger partial charge in [0.1, 0.15) is 5.75 Å². The van der Waals surface area contributed by atoms with E-state index in [-0.39, 0.29) is 12.2 Å². The van der Waals surface area contributed by atoms with E-state index in [4.69, 9.17) is 4.74 Å². The van der Waals surface area contributed by atoms with Crippen molar-refractivity contribution in [3.8, 4) is 5.75 Å². The molecular formula is C20H25O7PS. The quantitative estimate of drug-likeness (QED) is 0.394. The number of rotatable bonds is 9. The molecule has 2 aromatic rings. The minimum Gasteiger partial charge on any atom is -0.458 e. The summed E-state index contributed by atoms with van der Waals surface area (Å²) in [6.07, 6.45) is 1.65. The van der Waals surface area contributed by atoms with Crippen LogP contribution in [0.4, 0.5) is 0 Å². The molecule has 2 rings (SSSR count). The molecule has 0 aromatic heterocycles. The zero-order valence-electron chi connectivity index (χ0n) is 16.2. The average Bonchev–Trinajstić information content (AvgIpc) is 2.59. The Morgan fingerprint density at radius 3 is 2.31 bits per heavy atom. The van der Waals surface area contributed by atoms with Gasteiger partial charge in [-0.25, -0.2) is 0 Å². The molecule has 158 valence electrons. The predicted molar refractivity (Wildman–Crippen MR) is 112 cm³/mol. The van der Waals surface area contributed by atoms with Crippen LogP contribution in [0.15, 0.2) is 60.2 Å². The van der Waals surface area contributed by atoms with Crippen molar-refractivity contribution >= 4 is 23.8 Å². The van der Waals surface area contributed by atoms with E-state index >= 15 is 0 Å². The van der Waals surface area contributed by atoms with Gasteiger partial charge >= 0.3 is 22.4 Å². The van der Waals surface area contributed by atoms with E-state index in [1.54, 1.807) is 30.3 Å². The van der Waals surface area contributed by atoms with E-state index < -0.39 is 28.8 Å². The van der Waals surface area contributed by atoms with Gasteiger partial charge in [-0.05, 0) is 49.9 Å². The van der Waals surface area contributed by atoms with Crippen LogP contribution >= 0.6 is 7.60 Å². The Balaban J connectivity index is 2.39. The van der Waals surface area contributed by atoms with E-state index in [9.17, 15) is 27.3 Å². The lowest BCUT2D eigenvalue weighted by Crippen LogP contribution is -2.44. The summed E-state index contributed by atoms with van der Waals surface area (Å²) in [7, 11) is -10.7. The van der Waals surface area contributed by atoms with Gasteiger partial charge in [-0.2, -0.15) is 8.42 Å². The molecule has 0 amide bonds. The monoisotopic (exact) mass is 440 g/mol. The molecular weight excluding hydrogens is 415 g/mol. The van der Waals surface area contributed by atoms with Crippen LogP contribution in [0.2, 0.25) is 0 Å². The first-order valence-corrected chi connectivity index (χ1v) is 12.0. The number of hydrogen-bond acceptors (Lipinski definition) is 4. The van der Waals surface area contributed by atoms with Gasteiger partial charge in [-0.15, -0.1) is 0 Å². The topological polar surface area (TPSA) is 121 Å². The Kier molecular flexibility index (Phi) is 7.43. The standard InChI is InChI=1S/C20H25O7PS/c1-16(2)14-18-10-6-12-19(15-18)27-20(28(21,22)23,29(24,25)26)13-7-11-17-8-4-3-5-9-17/h3-6,8-10,12,14-15H,7,11,13H2,1-2H3,(H2,21,22,23)(H,24,25,26). The first-order valence-electron chi connectivity index (χ1n) is 8.95. The molecule has 0 saturated carbocycles. The van der Waals surface area contributed by atoms with Crippen LogP contribution in [0.25, 0.3) is 6.08 Å². The lowest BCUT2D eigenvalue weighted by atomic mass is 10.1. The third-order valence-electron chi connectivity index (χ3n) is 4.24. The van der Waals surface area contributed by atoms with Crippen LogP contribution in [-0.2, 0) is 21.1 Å². The second-order valence-electron chi connectivity index (χ2n) is 6.97. The molecule has 0 saturated heterocycles.